The van der Waals surface area contributed by atoms with Gasteiger partial charge in [0.1, 0.15) is 0 Å². The molecule has 0 aromatic heterocycles. The highest BCUT2D eigenvalue weighted by molar-refractivity contribution is 6.31. The maximum Gasteiger partial charge on any atom is 0.251 e. The Balaban J connectivity index is 2.02. The molecule has 2 aromatic rings. The van der Waals surface area contributed by atoms with Gasteiger partial charge in [-0.2, -0.15) is 0 Å². The van der Waals surface area contributed by atoms with Crippen LogP contribution in [0.5, 0.6) is 11.5 Å². The summed E-state index contributed by atoms with van der Waals surface area (Å²) in [5.41, 5.74) is 1.39. The van der Waals surface area contributed by atoms with E-state index >= 15 is 0 Å². The van der Waals surface area contributed by atoms with E-state index in [1.165, 1.54) is 0 Å². The summed E-state index contributed by atoms with van der Waals surface area (Å²) in [6.07, 6.45) is 2.04. The number of carbonyl (C=O) groups excluding carboxylic acids is 1. The summed E-state index contributed by atoms with van der Waals surface area (Å²) in [5, 5.41) is 3.49. The predicted octanol–water partition coefficient (Wildman–Crippen LogP) is 4.46. The predicted molar refractivity (Wildman–Crippen MR) is 96.0 cm³/mol. The Labute approximate surface area is 147 Å². The van der Waals surface area contributed by atoms with Gasteiger partial charge in [-0.05, 0) is 36.2 Å². The van der Waals surface area contributed by atoms with E-state index in [2.05, 4.69) is 12.2 Å². The summed E-state index contributed by atoms with van der Waals surface area (Å²) in [7, 11) is 1.56. The summed E-state index contributed by atoms with van der Waals surface area (Å²) in [5.74, 6) is 1.01. The van der Waals surface area contributed by atoms with Crippen LogP contribution in [0.15, 0.2) is 42.5 Å². The number of ether oxygens (including phenoxy) is 2. The molecule has 0 aliphatic carbocycles. The molecule has 0 bridgehead atoms. The molecule has 128 valence electrons. The molecule has 0 aliphatic rings. The minimum Gasteiger partial charge on any atom is -0.493 e. The van der Waals surface area contributed by atoms with Gasteiger partial charge in [-0.25, -0.2) is 0 Å². The van der Waals surface area contributed by atoms with Crippen molar-refractivity contribution in [2.45, 2.75) is 26.3 Å². The normalized spacial score (nSPS) is 10.3. The summed E-state index contributed by atoms with van der Waals surface area (Å²) in [4.78, 5) is 12.3. The Bertz CT molecular complexity index is 688. The molecular formula is C19H22ClNO3. The zero-order valence-corrected chi connectivity index (χ0v) is 14.7. The van der Waals surface area contributed by atoms with Crippen LogP contribution in [0.4, 0.5) is 0 Å². The molecule has 1 N–H and O–H groups in total. The lowest BCUT2D eigenvalue weighted by atomic mass is 10.1. The van der Waals surface area contributed by atoms with Crippen LogP contribution in [-0.4, -0.2) is 19.6 Å². The maximum atomic E-state index is 12.3. The first kappa shape index (κ1) is 18.1. The Morgan fingerprint density at radius 1 is 1.17 bits per heavy atom. The molecule has 0 radical (unpaired) electrons. The van der Waals surface area contributed by atoms with Crippen LogP contribution >= 0.6 is 11.6 Å². The van der Waals surface area contributed by atoms with Gasteiger partial charge < -0.3 is 14.8 Å². The van der Waals surface area contributed by atoms with Crippen molar-refractivity contribution in [1.29, 1.82) is 0 Å². The highest BCUT2D eigenvalue weighted by Crippen LogP contribution is 2.28. The molecule has 2 aromatic carbocycles. The van der Waals surface area contributed by atoms with Crippen LogP contribution < -0.4 is 14.8 Å². The minimum atomic E-state index is -0.187. The van der Waals surface area contributed by atoms with Crippen molar-refractivity contribution in [2.75, 3.05) is 13.7 Å². The third-order valence-corrected chi connectivity index (χ3v) is 3.95. The Morgan fingerprint density at radius 2 is 1.96 bits per heavy atom. The van der Waals surface area contributed by atoms with Gasteiger partial charge in [0.2, 0.25) is 0 Å². The van der Waals surface area contributed by atoms with Gasteiger partial charge in [-0.15, -0.1) is 0 Å². The van der Waals surface area contributed by atoms with Gasteiger partial charge in [0.05, 0.1) is 13.7 Å². The van der Waals surface area contributed by atoms with Crippen molar-refractivity contribution in [3.8, 4) is 11.5 Å². The molecule has 2 rings (SSSR count). The average molecular weight is 348 g/mol. The van der Waals surface area contributed by atoms with Crippen molar-refractivity contribution in [1.82, 2.24) is 5.32 Å². The van der Waals surface area contributed by atoms with E-state index in [1.807, 2.05) is 18.2 Å². The van der Waals surface area contributed by atoms with E-state index < -0.39 is 0 Å². The molecule has 1 amide bonds. The molecule has 0 saturated carbocycles. The Hall–Kier alpha value is -2.20. The second kappa shape index (κ2) is 9.18. The Morgan fingerprint density at radius 3 is 2.67 bits per heavy atom. The van der Waals surface area contributed by atoms with Crippen LogP contribution in [-0.2, 0) is 6.54 Å². The van der Waals surface area contributed by atoms with E-state index in [0.29, 0.717) is 35.2 Å². The molecule has 0 atom stereocenters. The third-order valence-electron chi connectivity index (χ3n) is 3.58. The van der Waals surface area contributed by atoms with Gasteiger partial charge >= 0.3 is 0 Å². The number of hydrogen-bond acceptors (Lipinski definition) is 3. The fraction of sp³-hybridized carbons (Fsp3) is 0.316. The molecule has 0 unspecified atom stereocenters. The van der Waals surface area contributed by atoms with Crippen molar-refractivity contribution in [2.24, 2.45) is 0 Å². The average Bonchev–Trinajstić information content (AvgIpc) is 2.61. The number of hydrogen-bond donors (Lipinski definition) is 1. The summed E-state index contributed by atoms with van der Waals surface area (Å²) in [6, 6.07) is 12.6. The number of unbranched alkanes of at least 4 members (excludes halogenated alkanes) is 1. The topological polar surface area (TPSA) is 47.6 Å². The lowest BCUT2D eigenvalue weighted by Gasteiger charge is -2.12. The molecule has 24 heavy (non-hydrogen) atoms. The second-order valence-corrected chi connectivity index (χ2v) is 5.75. The lowest BCUT2D eigenvalue weighted by Crippen LogP contribution is -2.23. The van der Waals surface area contributed by atoms with E-state index in [0.717, 1.165) is 18.4 Å². The van der Waals surface area contributed by atoms with Crippen molar-refractivity contribution < 1.29 is 14.3 Å². The molecule has 0 fully saturated rings. The zero-order chi connectivity index (χ0) is 17.4. The molecule has 0 saturated heterocycles. The van der Waals surface area contributed by atoms with E-state index in [4.69, 9.17) is 21.1 Å². The van der Waals surface area contributed by atoms with Crippen LogP contribution in [0.1, 0.15) is 35.7 Å². The van der Waals surface area contributed by atoms with Crippen LogP contribution in [0.3, 0.4) is 0 Å². The quantitative estimate of drug-likeness (QED) is 0.717. The van der Waals surface area contributed by atoms with Crippen LogP contribution in [0.2, 0.25) is 5.02 Å². The smallest absolute Gasteiger partial charge is 0.251 e. The molecular weight excluding hydrogens is 326 g/mol. The first-order valence-corrected chi connectivity index (χ1v) is 8.36. The highest BCUT2D eigenvalue weighted by Gasteiger charge is 2.11. The zero-order valence-electron chi connectivity index (χ0n) is 14.0. The first-order chi connectivity index (χ1) is 11.7. The van der Waals surface area contributed by atoms with Gasteiger partial charge in [0.25, 0.3) is 5.91 Å². The SMILES string of the molecule is CCCCOc1ccc(C(=O)NCc2ccccc2Cl)cc1OC. The third kappa shape index (κ3) is 4.90. The molecule has 0 aliphatic heterocycles. The second-order valence-electron chi connectivity index (χ2n) is 5.34. The fourth-order valence-corrected chi connectivity index (χ4v) is 2.38. The van der Waals surface area contributed by atoms with Crippen molar-refractivity contribution in [3.05, 3.63) is 58.6 Å². The van der Waals surface area contributed by atoms with E-state index in [9.17, 15) is 4.79 Å². The van der Waals surface area contributed by atoms with Crippen LogP contribution in [0.25, 0.3) is 0 Å². The van der Waals surface area contributed by atoms with Crippen molar-refractivity contribution in [3.63, 3.8) is 0 Å². The van der Waals surface area contributed by atoms with E-state index in [1.54, 1.807) is 31.4 Å². The van der Waals surface area contributed by atoms with Gasteiger partial charge in [-0.3, -0.25) is 4.79 Å². The van der Waals surface area contributed by atoms with E-state index in [-0.39, 0.29) is 5.91 Å². The van der Waals surface area contributed by atoms with Crippen LogP contribution in [0, 0.1) is 0 Å². The molecule has 4 nitrogen and oxygen atoms in total. The largest absolute Gasteiger partial charge is 0.493 e. The summed E-state index contributed by atoms with van der Waals surface area (Å²) in [6.45, 7) is 3.10. The summed E-state index contributed by atoms with van der Waals surface area (Å²) < 4.78 is 11.0. The Kier molecular flexibility index (Phi) is 6.94. The van der Waals surface area contributed by atoms with Gasteiger partial charge in [0.15, 0.2) is 11.5 Å². The fourth-order valence-electron chi connectivity index (χ4n) is 2.17. The number of amides is 1. The monoisotopic (exact) mass is 347 g/mol. The standard InChI is InChI=1S/C19H22ClNO3/c1-3-4-11-24-17-10-9-14(12-18(17)23-2)19(22)21-13-15-7-5-6-8-16(15)20/h5-10,12H,3-4,11,13H2,1-2H3,(H,21,22). The maximum absolute atomic E-state index is 12.3. The van der Waals surface area contributed by atoms with Crippen molar-refractivity contribution >= 4 is 17.5 Å². The first-order valence-electron chi connectivity index (χ1n) is 7.98. The number of carbonyl (C=O) groups is 1. The summed E-state index contributed by atoms with van der Waals surface area (Å²) >= 11 is 6.09. The number of rotatable bonds is 8. The van der Waals surface area contributed by atoms with Gasteiger partial charge in [-0.1, -0.05) is 43.1 Å². The van der Waals surface area contributed by atoms with Gasteiger partial charge in [0, 0.05) is 17.1 Å². The molecule has 5 heteroatoms. The number of methoxy groups -OCH3 is 1. The molecule has 0 heterocycles. The lowest BCUT2D eigenvalue weighted by molar-refractivity contribution is 0.0950. The minimum absolute atomic E-state index is 0.187. The molecule has 0 spiro atoms. The number of nitrogens with one attached hydrogen (secondary N) is 1. The highest BCUT2D eigenvalue weighted by atomic mass is 35.5. The number of halogens is 1. The number of benzene rings is 2.